The first-order chi connectivity index (χ1) is 7.72. The molecule has 2 aliphatic heterocycles. The van der Waals surface area contributed by atoms with Crippen LogP contribution in [-0.4, -0.2) is 30.2 Å². The number of fused-ring (bicyclic) bond motifs is 2. The van der Waals surface area contributed by atoms with Crippen LogP contribution in [0.1, 0.15) is 38.5 Å². The zero-order valence-corrected chi connectivity index (χ0v) is 10.7. The van der Waals surface area contributed by atoms with Crippen LogP contribution in [0.2, 0.25) is 0 Å². The van der Waals surface area contributed by atoms with Crippen molar-refractivity contribution in [3.8, 4) is 0 Å². The van der Waals surface area contributed by atoms with Gasteiger partial charge < -0.3 is 15.8 Å². The second-order valence-electron chi connectivity index (χ2n) is 5.49. The molecule has 4 nitrogen and oxygen atoms in total. The van der Waals surface area contributed by atoms with Crippen LogP contribution >= 0.6 is 12.4 Å². The van der Waals surface area contributed by atoms with Gasteiger partial charge in [-0.25, -0.2) is 0 Å². The topological polar surface area (TPSA) is 64.4 Å². The van der Waals surface area contributed by atoms with E-state index in [2.05, 4.69) is 5.32 Å². The number of hydrogen-bond acceptors (Lipinski definition) is 3. The fraction of sp³-hybridized carbons (Fsp3) is 0.917. The van der Waals surface area contributed by atoms with Crippen molar-refractivity contribution in [2.24, 2.45) is 11.7 Å². The van der Waals surface area contributed by atoms with E-state index in [1.54, 1.807) is 0 Å². The van der Waals surface area contributed by atoms with E-state index in [1.807, 2.05) is 0 Å². The molecule has 0 spiro atoms. The molecular formula is C12H21ClN2O2. The van der Waals surface area contributed by atoms with Crippen molar-refractivity contribution in [2.75, 3.05) is 0 Å². The van der Waals surface area contributed by atoms with E-state index in [0.29, 0.717) is 6.10 Å². The molecule has 5 unspecified atom stereocenters. The Hall–Kier alpha value is -0.320. The Bertz CT molecular complexity index is 300. The Kier molecular flexibility index (Phi) is 3.95. The normalized spacial score (nSPS) is 43.5. The molecule has 0 aromatic carbocycles. The molecule has 2 bridgehead atoms. The predicted molar refractivity (Wildman–Crippen MR) is 67.0 cm³/mol. The molecule has 1 saturated carbocycles. The highest BCUT2D eigenvalue weighted by atomic mass is 35.5. The van der Waals surface area contributed by atoms with Crippen molar-refractivity contribution in [3.63, 3.8) is 0 Å². The summed E-state index contributed by atoms with van der Waals surface area (Å²) >= 11 is 0. The van der Waals surface area contributed by atoms with E-state index in [-0.39, 0.29) is 42.4 Å². The van der Waals surface area contributed by atoms with Gasteiger partial charge in [-0.2, -0.15) is 0 Å². The van der Waals surface area contributed by atoms with E-state index in [4.69, 9.17) is 10.5 Å². The largest absolute Gasteiger partial charge is 0.373 e. The fourth-order valence-electron chi connectivity index (χ4n) is 3.34. The van der Waals surface area contributed by atoms with Gasteiger partial charge in [0.05, 0.1) is 18.2 Å². The number of amides is 1. The molecule has 3 rings (SSSR count). The van der Waals surface area contributed by atoms with Gasteiger partial charge in [-0.15, -0.1) is 12.4 Å². The van der Waals surface area contributed by atoms with Gasteiger partial charge in [0.15, 0.2) is 0 Å². The van der Waals surface area contributed by atoms with E-state index in [1.165, 1.54) is 6.42 Å². The zero-order chi connectivity index (χ0) is 11.1. The molecule has 17 heavy (non-hydrogen) atoms. The molecule has 1 aliphatic carbocycles. The number of nitrogens with one attached hydrogen (secondary N) is 1. The Morgan fingerprint density at radius 3 is 2.53 bits per heavy atom. The van der Waals surface area contributed by atoms with Gasteiger partial charge in [0.1, 0.15) is 0 Å². The Balaban J connectivity index is 0.00000108. The highest BCUT2D eigenvalue weighted by molar-refractivity contribution is 5.85. The maximum atomic E-state index is 12.0. The summed E-state index contributed by atoms with van der Waals surface area (Å²) in [6, 6.07) is 0.495. The number of carbonyl (C=O) groups excluding carboxylic acids is 1. The highest BCUT2D eigenvalue weighted by Crippen LogP contribution is 2.35. The molecule has 0 aromatic rings. The SMILES string of the molecule is Cl.NC1CCC(C(=O)NC2CC3CCC2O3)C1. The molecule has 2 heterocycles. The summed E-state index contributed by atoms with van der Waals surface area (Å²) in [4.78, 5) is 12.0. The van der Waals surface area contributed by atoms with Gasteiger partial charge in [0, 0.05) is 12.0 Å². The van der Waals surface area contributed by atoms with Gasteiger partial charge in [-0.3, -0.25) is 4.79 Å². The van der Waals surface area contributed by atoms with Gasteiger partial charge in [-0.05, 0) is 38.5 Å². The summed E-state index contributed by atoms with van der Waals surface area (Å²) in [6.07, 6.45) is 6.78. The first-order valence-corrected chi connectivity index (χ1v) is 6.44. The summed E-state index contributed by atoms with van der Waals surface area (Å²) in [5.74, 6) is 0.350. The number of halogens is 1. The van der Waals surface area contributed by atoms with Crippen LogP contribution in [0.3, 0.4) is 0 Å². The van der Waals surface area contributed by atoms with Gasteiger partial charge in [0.25, 0.3) is 0 Å². The number of rotatable bonds is 2. The van der Waals surface area contributed by atoms with Gasteiger partial charge in [-0.1, -0.05) is 0 Å². The molecule has 3 N–H and O–H groups in total. The predicted octanol–water partition coefficient (Wildman–Crippen LogP) is 0.972. The van der Waals surface area contributed by atoms with Crippen LogP contribution in [0.15, 0.2) is 0 Å². The Morgan fingerprint density at radius 2 is 2.00 bits per heavy atom. The van der Waals surface area contributed by atoms with Crippen LogP contribution in [-0.2, 0) is 9.53 Å². The molecule has 0 radical (unpaired) electrons. The van der Waals surface area contributed by atoms with E-state index in [9.17, 15) is 4.79 Å². The third kappa shape index (κ3) is 2.59. The lowest BCUT2D eigenvalue weighted by Gasteiger charge is -2.22. The lowest BCUT2D eigenvalue weighted by atomic mass is 9.94. The van der Waals surface area contributed by atoms with Crippen LogP contribution in [0.5, 0.6) is 0 Å². The minimum absolute atomic E-state index is 0. The Labute approximate surface area is 108 Å². The third-order valence-electron chi connectivity index (χ3n) is 4.28. The summed E-state index contributed by atoms with van der Waals surface area (Å²) in [6.45, 7) is 0. The fourth-order valence-corrected chi connectivity index (χ4v) is 3.34. The van der Waals surface area contributed by atoms with Crippen molar-refractivity contribution in [1.29, 1.82) is 0 Å². The minimum atomic E-state index is 0. The summed E-state index contributed by atoms with van der Waals surface area (Å²) in [5, 5.41) is 3.15. The average Bonchev–Trinajstić information content (AvgIpc) is 2.92. The second kappa shape index (κ2) is 5.12. The van der Waals surface area contributed by atoms with Crippen LogP contribution in [0.4, 0.5) is 0 Å². The average molecular weight is 261 g/mol. The van der Waals surface area contributed by atoms with E-state index >= 15 is 0 Å². The third-order valence-corrected chi connectivity index (χ3v) is 4.28. The first-order valence-electron chi connectivity index (χ1n) is 6.44. The maximum Gasteiger partial charge on any atom is 0.223 e. The van der Waals surface area contributed by atoms with Gasteiger partial charge in [0.2, 0.25) is 5.91 Å². The molecule has 1 amide bonds. The summed E-state index contributed by atoms with van der Waals surface area (Å²) in [5.41, 5.74) is 5.83. The lowest BCUT2D eigenvalue weighted by molar-refractivity contribution is -0.125. The zero-order valence-electron chi connectivity index (χ0n) is 9.93. The highest BCUT2D eigenvalue weighted by Gasteiger charge is 2.42. The minimum Gasteiger partial charge on any atom is -0.373 e. The molecule has 3 fully saturated rings. The van der Waals surface area contributed by atoms with Crippen molar-refractivity contribution in [2.45, 2.75) is 62.8 Å². The summed E-state index contributed by atoms with van der Waals surface area (Å²) in [7, 11) is 0. The van der Waals surface area contributed by atoms with Crippen molar-refractivity contribution < 1.29 is 9.53 Å². The van der Waals surface area contributed by atoms with E-state index in [0.717, 1.165) is 32.1 Å². The number of carbonyl (C=O) groups is 1. The molecule has 5 heteroatoms. The van der Waals surface area contributed by atoms with Crippen molar-refractivity contribution in [1.82, 2.24) is 5.32 Å². The van der Waals surface area contributed by atoms with Crippen LogP contribution < -0.4 is 11.1 Å². The van der Waals surface area contributed by atoms with Crippen LogP contribution in [0, 0.1) is 5.92 Å². The standard InChI is InChI=1S/C12H20N2O2.ClH/c13-8-2-1-7(5-8)12(15)14-10-6-9-3-4-11(10)16-9;/h7-11H,1-6,13H2,(H,14,15);1H. The van der Waals surface area contributed by atoms with Crippen molar-refractivity contribution in [3.05, 3.63) is 0 Å². The van der Waals surface area contributed by atoms with Gasteiger partial charge >= 0.3 is 0 Å². The second-order valence-corrected chi connectivity index (χ2v) is 5.49. The number of ether oxygens (including phenoxy) is 1. The number of nitrogens with two attached hydrogens (primary N) is 1. The quantitative estimate of drug-likeness (QED) is 0.778. The molecule has 2 saturated heterocycles. The molecule has 98 valence electrons. The lowest BCUT2D eigenvalue weighted by Crippen LogP contribution is -2.43. The van der Waals surface area contributed by atoms with Crippen LogP contribution in [0.25, 0.3) is 0 Å². The molecule has 0 aromatic heterocycles. The smallest absolute Gasteiger partial charge is 0.223 e. The molecular weight excluding hydrogens is 240 g/mol. The monoisotopic (exact) mass is 260 g/mol. The molecule has 5 atom stereocenters. The maximum absolute atomic E-state index is 12.0. The number of hydrogen-bond donors (Lipinski definition) is 2. The van der Waals surface area contributed by atoms with Crippen molar-refractivity contribution >= 4 is 18.3 Å². The first kappa shape index (κ1) is 13.1. The summed E-state index contributed by atoms with van der Waals surface area (Å²) < 4.78 is 5.73. The molecule has 3 aliphatic rings. The Morgan fingerprint density at radius 1 is 1.18 bits per heavy atom. The van der Waals surface area contributed by atoms with E-state index < -0.39 is 0 Å².